The van der Waals surface area contributed by atoms with E-state index in [4.69, 9.17) is 4.52 Å². The molecule has 0 amide bonds. The number of aliphatic hydroxyl groups excluding tert-OH is 1. The van der Waals surface area contributed by atoms with E-state index < -0.39 is 6.10 Å². The van der Waals surface area contributed by atoms with Crippen LogP contribution in [0.25, 0.3) is 0 Å². The van der Waals surface area contributed by atoms with Gasteiger partial charge in [-0.05, 0) is 24.6 Å². The summed E-state index contributed by atoms with van der Waals surface area (Å²) in [6.45, 7) is 1.59. The Bertz CT molecular complexity index is 465. The van der Waals surface area contributed by atoms with Crippen LogP contribution >= 0.6 is 15.9 Å². The number of aromatic nitrogens is 2. The van der Waals surface area contributed by atoms with Gasteiger partial charge in [0.2, 0.25) is 0 Å². The van der Waals surface area contributed by atoms with Crippen molar-refractivity contribution in [2.45, 2.75) is 19.4 Å². The largest absolute Gasteiger partial charge is 0.384 e. The molecular formula is C11H11BrN2O2. The minimum absolute atomic E-state index is 0.257. The van der Waals surface area contributed by atoms with Crippen LogP contribution in [0, 0.1) is 0 Å². The number of nitrogens with zero attached hydrogens (tertiary/aromatic N) is 2. The third-order valence-corrected chi connectivity index (χ3v) is 2.65. The van der Waals surface area contributed by atoms with Gasteiger partial charge in [0.15, 0.2) is 5.82 Å². The Hall–Kier alpha value is -1.20. The average molecular weight is 283 g/mol. The van der Waals surface area contributed by atoms with E-state index in [0.717, 1.165) is 10.0 Å². The predicted octanol–water partition coefficient (Wildman–Crippen LogP) is 2.48. The first-order valence-electron chi connectivity index (χ1n) is 4.90. The highest BCUT2D eigenvalue weighted by Crippen LogP contribution is 2.14. The fourth-order valence-corrected chi connectivity index (χ4v) is 1.56. The highest BCUT2D eigenvalue weighted by molar-refractivity contribution is 9.10. The maximum atomic E-state index is 9.24. The molecule has 1 aromatic heterocycles. The van der Waals surface area contributed by atoms with Gasteiger partial charge >= 0.3 is 0 Å². The molecule has 2 aromatic rings. The number of hydrogen-bond acceptors (Lipinski definition) is 4. The molecule has 1 aromatic carbocycles. The summed E-state index contributed by atoms with van der Waals surface area (Å²) in [5.41, 5.74) is 1.10. The van der Waals surface area contributed by atoms with Crippen LogP contribution in [0.3, 0.4) is 0 Å². The van der Waals surface area contributed by atoms with Crippen molar-refractivity contribution in [2.24, 2.45) is 0 Å². The lowest BCUT2D eigenvalue weighted by molar-refractivity contribution is 0.151. The lowest BCUT2D eigenvalue weighted by Gasteiger charge is -1.96. The number of rotatable bonds is 3. The summed E-state index contributed by atoms with van der Waals surface area (Å²) in [6.07, 6.45) is -0.116. The average Bonchev–Trinajstić information content (AvgIpc) is 2.70. The van der Waals surface area contributed by atoms with Gasteiger partial charge in [-0.15, -0.1) is 0 Å². The van der Waals surface area contributed by atoms with Crippen LogP contribution in [0.4, 0.5) is 0 Å². The Balaban J connectivity index is 2.11. The third kappa shape index (κ3) is 2.68. The van der Waals surface area contributed by atoms with Crippen molar-refractivity contribution < 1.29 is 9.63 Å². The van der Waals surface area contributed by atoms with Crippen LogP contribution in [-0.2, 0) is 6.42 Å². The van der Waals surface area contributed by atoms with E-state index in [1.807, 2.05) is 24.3 Å². The Morgan fingerprint density at radius 3 is 2.62 bits per heavy atom. The fraction of sp³-hybridized carbons (Fsp3) is 0.273. The summed E-state index contributed by atoms with van der Waals surface area (Å²) in [4.78, 5) is 4.09. The number of aliphatic hydroxyl groups is 1. The molecule has 2 rings (SSSR count). The second-order valence-electron chi connectivity index (χ2n) is 3.53. The molecule has 84 valence electrons. The van der Waals surface area contributed by atoms with Crippen molar-refractivity contribution in [1.82, 2.24) is 10.1 Å². The molecule has 0 unspecified atom stereocenters. The quantitative estimate of drug-likeness (QED) is 0.940. The summed E-state index contributed by atoms with van der Waals surface area (Å²) < 4.78 is 5.94. The Morgan fingerprint density at radius 2 is 2.06 bits per heavy atom. The van der Waals surface area contributed by atoms with Gasteiger partial charge in [0, 0.05) is 10.9 Å². The first-order chi connectivity index (χ1) is 7.65. The summed E-state index contributed by atoms with van der Waals surface area (Å²) in [6, 6.07) is 7.90. The van der Waals surface area contributed by atoms with Gasteiger partial charge in [0.25, 0.3) is 5.89 Å². The fourth-order valence-electron chi connectivity index (χ4n) is 1.29. The highest BCUT2D eigenvalue weighted by Gasteiger charge is 2.11. The van der Waals surface area contributed by atoms with Gasteiger partial charge in [-0.25, -0.2) is 0 Å². The summed E-state index contributed by atoms with van der Waals surface area (Å²) >= 11 is 3.37. The maximum Gasteiger partial charge on any atom is 0.255 e. The van der Waals surface area contributed by atoms with E-state index in [1.165, 1.54) is 0 Å². The first-order valence-corrected chi connectivity index (χ1v) is 5.69. The molecule has 5 heteroatoms. The SMILES string of the molecule is C[C@H](O)c1nc(Cc2ccc(Br)cc2)no1. The van der Waals surface area contributed by atoms with Gasteiger partial charge in [-0.1, -0.05) is 33.2 Å². The molecule has 0 aliphatic heterocycles. The molecule has 4 nitrogen and oxygen atoms in total. The predicted molar refractivity (Wildman–Crippen MR) is 61.9 cm³/mol. The van der Waals surface area contributed by atoms with Crippen LogP contribution in [0.15, 0.2) is 33.3 Å². The van der Waals surface area contributed by atoms with Crippen LogP contribution < -0.4 is 0 Å². The van der Waals surface area contributed by atoms with Crippen molar-refractivity contribution in [3.05, 3.63) is 46.0 Å². The van der Waals surface area contributed by atoms with E-state index in [1.54, 1.807) is 6.92 Å². The minimum atomic E-state index is -0.717. The number of benzene rings is 1. The molecule has 16 heavy (non-hydrogen) atoms. The Kier molecular flexibility index (Phi) is 3.36. The normalized spacial score (nSPS) is 12.7. The van der Waals surface area contributed by atoms with Crippen molar-refractivity contribution in [3.63, 3.8) is 0 Å². The number of hydrogen-bond donors (Lipinski definition) is 1. The zero-order valence-electron chi connectivity index (χ0n) is 8.72. The molecule has 1 atom stereocenters. The summed E-state index contributed by atoms with van der Waals surface area (Å²) in [7, 11) is 0. The molecule has 0 aliphatic carbocycles. The summed E-state index contributed by atoms with van der Waals surface area (Å²) in [5.74, 6) is 0.838. The molecule has 0 saturated carbocycles. The number of halogens is 1. The zero-order chi connectivity index (χ0) is 11.5. The van der Waals surface area contributed by atoms with Crippen molar-refractivity contribution in [2.75, 3.05) is 0 Å². The van der Waals surface area contributed by atoms with Crippen molar-refractivity contribution >= 4 is 15.9 Å². The van der Waals surface area contributed by atoms with E-state index in [2.05, 4.69) is 26.1 Å². The highest BCUT2D eigenvalue weighted by atomic mass is 79.9. The third-order valence-electron chi connectivity index (χ3n) is 2.12. The topological polar surface area (TPSA) is 59.2 Å². The monoisotopic (exact) mass is 282 g/mol. The van der Waals surface area contributed by atoms with Crippen molar-refractivity contribution in [3.8, 4) is 0 Å². The van der Waals surface area contributed by atoms with Gasteiger partial charge in [0.1, 0.15) is 6.10 Å². The Labute approximate surface area is 101 Å². The molecular weight excluding hydrogens is 272 g/mol. The molecule has 0 aliphatic rings. The second kappa shape index (κ2) is 4.76. The van der Waals surface area contributed by atoms with E-state index in [-0.39, 0.29) is 5.89 Å². The van der Waals surface area contributed by atoms with Gasteiger partial charge in [0.05, 0.1) is 0 Å². The molecule has 0 radical (unpaired) electrons. The van der Waals surface area contributed by atoms with E-state index >= 15 is 0 Å². The molecule has 0 saturated heterocycles. The molecule has 0 bridgehead atoms. The van der Waals surface area contributed by atoms with Gasteiger partial charge in [-0.3, -0.25) is 0 Å². The van der Waals surface area contributed by atoms with Gasteiger partial charge in [-0.2, -0.15) is 4.98 Å². The van der Waals surface area contributed by atoms with Crippen molar-refractivity contribution in [1.29, 1.82) is 0 Å². The lowest BCUT2D eigenvalue weighted by Crippen LogP contribution is -1.93. The molecule has 0 spiro atoms. The Morgan fingerprint density at radius 1 is 1.38 bits per heavy atom. The van der Waals surface area contributed by atoms with E-state index in [0.29, 0.717) is 12.2 Å². The zero-order valence-corrected chi connectivity index (χ0v) is 10.3. The van der Waals surface area contributed by atoms with E-state index in [9.17, 15) is 5.11 Å². The molecule has 1 N–H and O–H groups in total. The standard InChI is InChI=1S/C11H11BrN2O2/c1-7(15)11-13-10(14-16-11)6-8-2-4-9(12)5-3-8/h2-5,7,15H,6H2,1H3/t7-/m0/s1. The minimum Gasteiger partial charge on any atom is -0.384 e. The lowest BCUT2D eigenvalue weighted by atomic mass is 10.1. The van der Waals surface area contributed by atoms with Crippen LogP contribution in [0.1, 0.15) is 30.3 Å². The van der Waals surface area contributed by atoms with Crippen LogP contribution in [0.2, 0.25) is 0 Å². The summed E-state index contributed by atoms with van der Waals surface area (Å²) in [5, 5.41) is 13.0. The van der Waals surface area contributed by atoms with Gasteiger partial charge < -0.3 is 9.63 Å². The second-order valence-corrected chi connectivity index (χ2v) is 4.44. The molecule has 0 fully saturated rings. The first kappa shape index (κ1) is 11.3. The maximum absolute atomic E-state index is 9.24. The smallest absolute Gasteiger partial charge is 0.255 e. The van der Waals surface area contributed by atoms with Crippen LogP contribution in [-0.4, -0.2) is 15.2 Å². The van der Waals surface area contributed by atoms with Crippen LogP contribution in [0.5, 0.6) is 0 Å². The molecule has 1 heterocycles.